The Kier molecular flexibility index (Phi) is 4.65. The highest BCUT2D eigenvalue weighted by molar-refractivity contribution is 6.12. The second-order valence-electron chi connectivity index (χ2n) is 7.26. The Morgan fingerprint density at radius 2 is 2.04 bits per heavy atom. The smallest absolute Gasteiger partial charge is 0.336 e. The zero-order valence-electron chi connectivity index (χ0n) is 15.6. The molecule has 5 heteroatoms. The van der Waals surface area contributed by atoms with Gasteiger partial charge in [-0.25, -0.2) is 4.79 Å². The Bertz CT molecular complexity index is 963. The van der Waals surface area contributed by atoms with E-state index < -0.39 is 11.2 Å². The van der Waals surface area contributed by atoms with E-state index in [0.29, 0.717) is 29.5 Å². The third-order valence-corrected chi connectivity index (χ3v) is 4.63. The molecule has 1 N–H and O–H groups in total. The van der Waals surface area contributed by atoms with E-state index in [2.05, 4.69) is 0 Å². The van der Waals surface area contributed by atoms with Gasteiger partial charge in [-0.05, 0) is 25.8 Å². The van der Waals surface area contributed by atoms with Gasteiger partial charge in [-0.3, -0.25) is 4.79 Å². The van der Waals surface area contributed by atoms with Crippen LogP contribution in [0.25, 0.3) is 17.0 Å². The Hall–Kier alpha value is -2.56. The van der Waals surface area contributed by atoms with Crippen LogP contribution in [0.3, 0.4) is 0 Å². The van der Waals surface area contributed by atoms with Crippen molar-refractivity contribution in [1.82, 2.24) is 0 Å². The molecule has 5 nitrogen and oxygen atoms in total. The molecular weight excluding hydrogens is 332 g/mol. The maximum atomic E-state index is 12.5. The summed E-state index contributed by atoms with van der Waals surface area (Å²) in [7, 11) is 0. The van der Waals surface area contributed by atoms with Crippen LogP contribution in [0, 0.1) is 0 Å². The summed E-state index contributed by atoms with van der Waals surface area (Å²) >= 11 is 0. The number of aromatic hydroxyl groups is 1. The lowest BCUT2D eigenvalue weighted by Gasteiger charge is -2.26. The number of carbonyl (C=O) groups is 1. The molecule has 1 aromatic carbocycles. The highest BCUT2D eigenvalue weighted by Gasteiger charge is 2.31. The van der Waals surface area contributed by atoms with E-state index in [-0.39, 0.29) is 29.1 Å². The number of carbonyl (C=O) groups excluding carboxylic acids is 1. The number of phenolic OH excluding ortho intramolecular Hbond substituents is 1. The van der Waals surface area contributed by atoms with Gasteiger partial charge in [0.15, 0.2) is 11.4 Å². The average Bonchev–Trinajstić information content (AvgIpc) is 2.72. The van der Waals surface area contributed by atoms with Crippen LogP contribution in [0.2, 0.25) is 0 Å². The van der Waals surface area contributed by atoms with Crippen molar-refractivity contribution < 1.29 is 19.1 Å². The molecule has 138 valence electrons. The summed E-state index contributed by atoms with van der Waals surface area (Å²) in [6.07, 6.45) is 6.03. The van der Waals surface area contributed by atoms with Gasteiger partial charge in [0.2, 0.25) is 0 Å². The van der Waals surface area contributed by atoms with Crippen LogP contribution >= 0.6 is 0 Å². The largest absolute Gasteiger partial charge is 0.506 e. The topological polar surface area (TPSA) is 76.7 Å². The van der Waals surface area contributed by atoms with Crippen molar-refractivity contribution in [1.29, 1.82) is 0 Å². The summed E-state index contributed by atoms with van der Waals surface area (Å²) in [4.78, 5) is 24.6. The van der Waals surface area contributed by atoms with Gasteiger partial charge in [-0.15, -0.1) is 0 Å². The first kappa shape index (κ1) is 18.2. The normalized spacial score (nSPS) is 15.4. The lowest BCUT2D eigenvalue weighted by molar-refractivity contribution is 0.0985. The third kappa shape index (κ3) is 3.02. The van der Waals surface area contributed by atoms with Gasteiger partial charge in [0.05, 0.1) is 10.9 Å². The third-order valence-electron chi connectivity index (χ3n) is 4.63. The van der Waals surface area contributed by atoms with E-state index in [1.54, 1.807) is 13.0 Å². The average molecular weight is 356 g/mol. The van der Waals surface area contributed by atoms with Crippen molar-refractivity contribution >= 4 is 22.8 Å². The standard InChI is InChI=1S/C21H24O5/c1-5-8-12-11-15(23)25-20-16(12)19-13(9-7-10-21(3,4)26-19)18(24)17(20)14(22)6-2/h7,9,11,24H,5-6,8,10H2,1-4H3. The zero-order valence-corrected chi connectivity index (χ0v) is 15.6. The van der Waals surface area contributed by atoms with Crippen molar-refractivity contribution in [2.75, 3.05) is 0 Å². The molecule has 1 aliphatic heterocycles. The monoisotopic (exact) mass is 356 g/mol. The highest BCUT2D eigenvalue weighted by Crippen LogP contribution is 2.45. The molecule has 1 aliphatic rings. The van der Waals surface area contributed by atoms with Crippen molar-refractivity contribution in [3.8, 4) is 11.5 Å². The van der Waals surface area contributed by atoms with E-state index in [4.69, 9.17) is 9.15 Å². The molecule has 3 rings (SSSR count). The van der Waals surface area contributed by atoms with E-state index in [1.165, 1.54) is 6.07 Å². The maximum absolute atomic E-state index is 12.5. The van der Waals surface area contributed by atoms with Crippen molar-refractivity contribution in [3.63, 3.8) is 0 Å². The van der Waals surface area contributed by atoms with Gasteiger partial charge in [0.25, 0.3) is 0 Å². The second-order valence-corrected chi connectivity index (χ2v) is 7.26. The lowest BCUT2D eigenvalue weighted by Crippen LogP contribution is -2.27. The van der Waals surface area contributed by atoms with E-state index >= 15 is 0 Å². The summed E-state index contributed by atoms with van der Waals surface area (Å²) in [6.45, 7) is 7.64. The minimum absolute atomic E-state index is 0.0595. The van der Waals surface area contributed by atoms with Gasteiger partial charge < -0.3 is 14.3 Å². The van der Waals surface area contributed by atoms with Gasteiger partial charge in [0.1, 0.15) is 22.7 Å². The fourth-order valence-corrected chi connectivity index (χ4v) is 3.39. The quantitative estimate of drug-likeness (QED) is 0.639. The molecule has 26 heavy (non-hydrogen) atoms. The van der Waals surface area contributed by atoms with E-state index in [1.807, 2.05) is 26.8 Å². The summed E-state index contributed by atoms with van der Waals surface area (Å²) in [5.41, 5.74) is 0.391. The molecule has 0 amide bonds. The van der Waals surface area contributed by atoms with Gasteiger partial charge >= 0.3 is 5.63 Å². The molecular formula is C21H24O5. The molecule has 0 aliphatic carbocycles. The minimum Gasteiger partial charge on any atom is -0.506 e. The number of hydrogen-bond acceptors (Lipinski definition) is 5. The summed E-state index contributed by atoms with van der Waals surface area (Å²) in [5, 5.41) is 11.4. The fraction of sp³-hybridized carbons (Fsp3) is 0.429. The van der Waals surface area contributed by atoms with Crippen LogP contribution in [-0.4, -0.2) is 16.5 Å². The molecule has 0 radical (unpaired) electrons. The number of ether oxygens (including phenoxy) is 1. The van der Waals surface area contributed by atoms with Crippen LogP contribution < -0.4 is 10.4 Å². The van der Waals surface area contributed by atoms with Gasteiger partial charge in [0, 0.05) is 18.9 Å². The second kappa shape index (κ2) is 6.63. The molecule has 2 aromatic rings. The molecule has 0 spiro atoms. The molecule has 0 bridgehead atoms. The molecule has 2 heterocycles. The number of hydrogen-bond donors (Lipinski definition) is 1. The summed E-state index contributed by atoms with van der Waals surface area (Å²) in [6, 6.07) is 1.45. The number of benzene rings is 1. The summed E-state index contributed by atoms with van der Waals surface area (Å²) in [5.74, 6) is 0.00482. The van der Waals surface area contributed by atoms with Crippen LogP contribution in [-0.2, 0) is 6.42 Å². The predicted molar refractivity (Wildman–Crippen MR) is 101 cm³/mol. The van der Waals surface area contributed by atoms with Crippen LogP contribution in [0.15, 0.2) is 21.4 Å². The van der Waals surface area contributed by atoms with Crippen molar-refractivity contribution in [2.45, 2.75) is 59.0 Å². The summed E-state index contributed by atoms with van der Waals surface area (Å²) < 4.78 is 11.7. The molecule has 0 saturated carbocycles. The number of rotatable bonds is 4. The molecule has 0 atom stereocenters. The van der Waals surface area contributed by atoms with Gasteiger partial charge in [-0.2, -0.15) is 0 Å². The van der Waals surface area contributed by atoms with Crippen LogP contribution in [0.4, 0.5) is 0 Å². The van der Waals surface area contributed by atoms with Crippen LogP contribution in [0.5, 0.6) is 11.5 Å². The van der Waals surface area contributed by atoms with Crippen LogP contribution in [0.1, 0.15) is 68.4 Å². The SMILES string of the molecule is CCCc1cc(=O)oc2c(C(=O)CC)c(O)c3c(c12)OC(C)(C)CC=C3. The van der Waals surface area contributed by atoms with Crippen molar-refractivity contribution in [3.05, 3.63) is 39.3 Å². The van der Waals surface area contributed by atoms with E-state index in [0.717, 1.165) is 12.0 Å². The number of phenols is 1. The molecule has 0 fully saturated rings. The maximum Gasteiger partial charge on any atom is 0.336 e. The highest BCUT2D eigenvalue weighted by atomic mass is 16.5. The Morgan fingerprint density at radius 3 is 2.69 bits per heavy atom. The Morgan fingerprint density at radius 1 is 1.31 bits per heavy atom. The Balaban J connectivity index is 2.53. The zero-order chi connectivity index (χ0) is 19.1. The van der Waals surface area contributed by atoms with Gasteiger partial charge in [-0.1, -0.05) is 32.4 Å². The van der Waals surface area contributed by atoms with E-state index in [9.17, 15) is 14.7 Å². The number of Topliss-reactive ketones (excluding diaryl/α,β-unsaturated/α-hetero) is 1. The lowest BCUT2D eigenvalue weighted by atomic mass is 9.94. The van der Waals surface area contributed by atoms with Crippen molar-refractivity contribution in [2.24, 2.45) is 0 Å². The number of ketones is 1. The number of fused-ring (bicyclic) bond motifs is 3. The Labute approximate surface area is 152 Å². The first-order chi connectivity index (χ1) is 12.3. The number of aryl methyl sites for hydroxylation is 1. The predicted octanol–water partition coefficient (Wildman–Crippen LogP) is 4.62. The molecule has 1 aromatic heterocycles. The fourth-order valence-electron chi connectivity index (χ4n) is 3.39. The minimum atomic E-state index is -0.533. The molecule has 0 unspecified atom stereocenters. The molecule has 0 saturated heterocycles. The first-order valence-corrected chi connectivity index (χ1v) is 9.03. The first-order valence-electron chi connectivity index (χ1n) is 9.03.